The quantitative estimate of drug-likeness (QED) is 0.739. The van der Waals surface area contributed by atoms with Gasteiger partial charge in [0.2, 0.25) is 15.9 Å². The predicted octanol–water partition coefficient (Wildman–Crippen LogP) is 0.0254. The number of nitrogen functional groups attached to an aromatic ring is 1. The smallest absolute Gasteiger partial charge is 0.240 e. The third-order valence-electron chi connectivity index (χ3n) is 2.32. The van der Waals surface area contributed by atoms with Gasteiger partial charge in [-0.1, -0.05) is 0 Å². The lowest BCUT2D eigenvalue weighted by atomic mass is 10.3. The Labute approximate surface area is 107 Å². The molecule has 0 aliphatic heterocycles. The molecule has 0 bridgehead atoms. The first-order valence-electron chi connectivity index (χ1n) is 5.38. The lowest BCUT2D eigenvalue weighted by Crippen LogP contribution is -2.30. The van der Waals surface area contributed by atoms with Gasteiger partial charge in [-0.05, 0) is 24.3 Å². The molecular weight excluding hydrogens is 254 g/mol. The summed E-state index contributed by atoms with van der Waals surface area (Å²) in [4.78, 5) is 12.8. The molecule has 1 amide bonds. The van der Waals surface area contributed by atoms with Crippen molar-refractivity contribution in [1.29, 1.82) is 0 Å². The van der Waals surface area contributed by atoms with Gasteiger partial charge in [0.25, 0.3) is 0 Å². The molecule has 0 unspecified atom stereocenters. The zero-order chi connectivity index (χ0) is 13.8. The second-order valence-corrected chi connectivity index (χ2v) is 5.77. The highest BCUT2D eigenvalue weighted by Gasteiger charge is 2.14. The van der Waals surface area contributed by atoms with Crippen molar-refractivity contribution >= 4 is 21.6 Å². The summed E-state index contributed by atoms with van der Waals surface area (Å²) in [5.74, 6) is -0.130. The summed E-state index contributed by atoms with van der Waals surface area (Å²) >= 11 is 0. The number of carbonyl (C=O) groups is 1. The van der Waals surface area contributed by atoms with Crippen LogP contribution in [0.1, 0.15) is 6.42 Å². The fourth-order valence-electron chi connectivity index (χ4n) is 1.25. The van der Waals surface area contributed by atoms with Crippen LogP contribution in [-0.4, -0.2) is 39.9 Å². The topological polar surface area (TPSA) is 92.5 Å². The van der Waals surface area contributed by atoms with Gasteiger partial charge in [-0.2, -0.15) is 0 Å². The molecule has 1 aromatic carbocycles. The number of nitrogens with one attached hydrogen (secondary N) is 1. The van der Waals surface area contributed by atoms with Gasteiger partial charge in [0, 0.05) is 32.7 Å². The van der Waals surface area contributed by atoms with E-state index >= 15 is 0 Å². The SMILES string of the molecule is CN(C)C(=O)CCNS(=O)(=O)c1ccc(N)cc1. The third kappa shape index (κ3) is 4.01. The van der Waals surface area contributed by atoms with Crippen LogP contribution in [0.25, 0.3) is 0 Å². The highest BCUT2D eigenvalue weighted by molar-refractivity contribution is 7.89. The standard InChI is InChI=1S/C11H17N3O3S/c1-14(2)11(15)7-8-13-18(16,17)10-5-3-9(12)4-6-10/h3-6,13H,7-8,12H2,1-2H3. The summed E-state index contributed by atoms with van der Waals surface area (Å²) in [6.45, 7) is 0.0731. The molecule has 100 valence electrons. The molecule has 0 spiro atoms. The minimum absolute atomic E-state index is 0.0731. The van der Waals surface area contributed by atoms with Gasteiger partial charge < -0.3 is 10.6 Å². The van der Waals surface area contributed by atoms with Crippen molar-refractivity contribution in [3.05, 3.63) is 24.3 Å². The molecule has 1 rings (SSSR count). The third-order valence-corrected chi connectivity index (χ3v) is 3.80. The average Bonchev–Trinajstić information content (AvgIpc) is 2.29. The molecule has 6 nitrogen and oxygen atoms in total. The van der Waals surface area contributed by atoms with Crippen LogP contribution in [0.15, 0.2) is 29.2 Å². The van der Waals surface area contributed by atoms with Gasteiger partial charge in [0.1, 0.15) is 0 Å². The first kappa shape index (κ1) is 14.5. The Bertz CT molecular complexity index is 509. The van der Waals surface area contributed by atoms with Gasteiger partial charge in [0.15, 0.2) is 0 Å². The predicted molar refractivity (Wildman–Crippen MR) is 69.4 cm³/mol. The first-order chi connectivity index (χ1) is 8.33. The van der Waals surface area contributed by atoms with Crippen LogP contribution in [0, 0.1) is 0 Å². The summed E-state index contributed by atoms with van der Waals surface area (Å²) in [6.07, 6.45) is 0.126. The summed E-state index contributed by atoms with van der Waals surface area (Å²) in [6, 6.07) is 5.87. The fourth-order valence-corrected chi connectivity index (χ4v) is 2.28. The van der Waals surface area contributed by atoms with Crippen molar-refractivity contribution in [2.24, 2.45) is 0 Å². The Morgan fingerprint density at radius 1 is 1.28 bits per heavy atom. The Kier molecular flexibility index (Phi) is 4.69. The van der Waals surface area contributed by atoms with E-state index < -0.39 is 10.0 Å². The van der Waals surface area contributed by atoms with Crippen LogP contribution in [0.5, 0.6) is 0 Å². The zero-order valence-electron chi connectivity index (χ0n) is 10.4. The van der Waals surface area contributed by atoms with Gasteiger partial charge in [0.05, 0.1) is 4.90 Å². The van der Waals surface area contributed by atoms with Crippen LogP contribution < -0.4 is 10.5 Å². The highest BCUT2D eigenvalue weighted by atomic mass is 32.2. The van der Waals surface area contributed by atoms with Crippen LogP contribution in [0.4, 0.5) is 5.69 Å². The Morgan fingerprint density at radius 3 is 2.33 bits per heavy atom. The van der Waals surface area contributed by atoms with Crippen molar-refractivity contribution in [3.63, 3.8) is 0 Å². The van der Waals surface area contributed by atoms with Crippen molar-refractivity contribution < 1.29 is 13.2 Å². The van der Waals surface area contributed by atoms with E-state index in [1.54, 1.807) is 14.1 Å². The summed E-state index contributed by atoms with van der Waals surface area (Å²) in [5.41, 5.74) is 5.97. The molecule has 0 aromatic heterocycles. The number of nitrogens with two attached hydrogens (primary N) is 1. The number of nitrogens with zero attached hydrogens (tertiary/aromatic N) is 1. The molecule has 0 saturated heterocycles. The van der Waals surface area contributed by atoms with E-state index in [4.69, 9.17) is 5.73 Å². The number of hydrogen-bond acceptors (Lipinski definition) is 4. The summed E-state index contributed by atoms with van der Waals surface area (Å²) in [7, 11) is -0.331. The van der Waals surface area contributed by atoms with Crippen molar-refractivity contribution in [3.8, 4) is 0 Å². The minimum Gasteiger partial charge on any atom is -0.399 e. The molecule has 0 atom stereocenters. The van der Waals surface area contributed by atoms with Crippen LogP contribution >= 0.6 is 0 Å². The molecular formula is C11H17N3O3S. The molecule has 0 aliphatic rings. The largest absolute Gasteiger partial charge is 0.399 e. The van der Waals surface area contributed by atoms with Crippen LogP contribution in [-0.2, 0) is 14.8 Å². The lowest BCUT2D eigenvalue weighted by Gasteiger charge is -2.11. The molecule has 3 N–H and O–H groups in total. The molecule has 0 fully saturated rings. The van der Waals surface area contributed by atoms with Crippen molar-refractivity contribution in [1.82, 2.24) is 9.62 Å². The van der Waals surface area contributed by atoms with E-state index in [-0.39, 0.29) is 23.8 Å². The maximum atomic E-state index is 11.8. The molecule has 7 heteroatoms. The first-order valence-corrected chi connectivity index (χ1v) is 6.86. The highest BCUT2D eigenvalue weighted by Crippen LogP contribution is 2.11. The van der Waals surface area contributed by atoms with E-state index in [1.807, 2.05) is 0 Å². The van der Waals surface area contributed by atoms with Crippen LogP contribution in [0.3, 0.4) is 0 Å². The van der Waals surface area contributed by atoms with Crippen molar-refractivity contribution in [2.75, 3.05) is 26.4 Å². The molecule has 0 radical (unpaired) electrons. The Hall–Kier alpha value is -1.60. The van der Waals surface area contributed by atoms with Crippen molar-refractivity contribution in [2.45, 2.75) is 11.3 Å². The second-order valence-electron chi connectivity index (χ2n) is 4.00. The number of hydrogen-bond donors (Lipinski definition) is 2. The number of amides is 1. The summed E-state index contributed by atoms with van der Waals surface area (Å²) in [5, 5.41) is 0. The van der Waals surface area contributed by atoms with E-state index in [0.29, 0.717) is 5.69 Å². The number of anilines is 1. The maximum absolute atomic E-state index is 11.8. The monoisotopic (exact) mass is 271 g/mol. The van der Waals surface area contributed by atoms with Gasteiger partial charge >= 0.3 is 0 Å². The molecule has 0 heterocycles. The fraction of sp³-hybridized carbons (Fsp3) is 0.364. The van der Waals surface area contributed by atoms with E-state index in [9.17, 15) is 13.2 Å². The van der Waals surface area contributed by atoms with Gasteiger partial charge in [-0.15, -0.1) is 0 Å². The zero-order valence-corrected chi connectivity index (χ0v) is 11.2. The number of rotatable bonds is 5. The van der Waals surface area contributed by atoms with Gasteiger partial charge in [-0.3, -0.25) is 4.79 Å². The van der Waals surface area contributed by atoms with E-state index in [0.717, 1.165) is 0 Å². The summed E-state index contributed by atoms with van der Waals surface area (Å²) < 4.78 is 26.0. The number of benzene rings is 1. The number of sulfonamides is 1. The molecule has 0 aliphatic carbocycles. The molecule has 0 saturated carbocycles. The second kappa shape index (κ2) is 5.83. The average molecular weight is 271 g/mol. The maximum Gasteiger partial charge on any atom is 0.240 e. The Balaban J connectivity index is 2.61. The normalized spacial score (nSPS) is 11.2. The Morgan fingerprint density at radius 2 is 1.83 bits per heavy atom. The number of carbonyl (C=O) groups excluding carboxylic acids is 1. The minimum atomic E-state index is -3.57. The lowest BCUT2D eigenvalue weighted by molar-refractivity contribution is -0.128. The van der Waals surface area contributed by atoms with E-state index in [2.05, 4.69) is 4.72 Å². The van der Waals surface area contributed by atoms with Gasteiger partial charge in [-0.25, -0.2) is 13.1 Å². The molecule has 1 aromatic rings. The van der Waals surface area contributed by atoms with Crippen LogP contribution in [0.2, 0.25) is 0 Å². The molecule has 18 heavy (non-hydrogen) atoms. The van der Waals surface area contributed by atoms with E-state index in [1.165, 1.54) is 29.2 Å².